The summed E-state index contributed by atoms with van der Waals surface area (Å²) in [5.74, 6) is -0.243. The molecule has 0 bridgehead atoms. The van der Waals surface area contributed by atoms with E-state index in [1.807, 2.05) is 0 Å². The SMILES string of the molecule is CCCCCCCCCCCCC1(CCCC)OCCCCO1. The van der Waals surface area contributed by atoms with Crippen LogP contribution < -0.4 is 0 Å². The molecule has 1 rings (SSSR count). The Kier molecular flexibility index (Phi) is 13.0. The van der Waals surface area contributed by atoms with Crippen molar-refractivity contribution in [2.75, 3.05) is 13.2 Å². The minimum Gasteiger partial charge on any atom is -0.350 e. The third kappa shape index (κ3) is 10.4. The topological polar surface area (TPSA) is 18.5 Å². The summed E-state index contributed by atoms with van der Waals surface area (Å²) in [7, 11) is 0. The van der Waals surface area contributed by atoms with E-state index in [1.165, 1.54) is 77.0 Å². The van der Waals surface area contributed by atoms with Crippen LogP contribution in [0.2, 0.25) is 0 Å². The third-order valence-corrected chi connectivity index (χ3v) is 5.09. The van der Waals surface area contributed by atoms with E-state index in [2.05, 4.69) is 13.8 Å². The van der Waals surface area contributed by atoms with Gasteiger partial charge in [0.1, 0.15) is 0 Å². The number of hydrogen-bond donors (Lipinski definition) is 0. The van der Waals surface area contributed by atoms with Crippen LogP contribution in [0.4, 0.5) is 0 Å². The number of hydrogen-bond acceptors (Lipinski definition) is 2. The van der Waals surface area contributed by atoms with Crippen LogP contribution in [-0.2, 0) is 9.47 Å². The number of unbranched alkanes of at least 4 members (excludes halogenated alkanes) is 10. The van der Waals surface area contributed by atoms with Gasteiger partial charge in [-0.2, -0.15) is 0 Å². The summed E-state index contributed by atoms with van der Waals surface area (Å²) in [5.41, 5.74) is 0. The fourth-order valence-corrected chi connectivity index (χ4v) is 3.50. The highest BCUT2D eigenvalue weighted by molar-refractivity contribution is 4.72. The summed E-state index contributed by atoms with van der Waals surface area (Å²) in [5, 5.41) is 0. The van der Waals surface area contributed by atoms with E-state index in [4.69, 9.17) is 9.47 Å². The van der Waals surface area contributed by atoms with E-state index >= 15 is 0 Å². The lowest BCUT2D eigenvalue weighted by Gasteiger charge is -2.32. The van der Waals surface area contributed by atoms with E-state index < -0.39 is 0 Å². The van der Waals surface area contributed by atoms with Crippen LogP contribution in [0.15, 0.2) is 0 Å². The average molecular weight is 327 g/mol. The van der Waals surface area contributed by atoms with Crippen molar-refractivity contribution in [2.45, 2.75) is 122 Å². The molecular formula is C21H42O2. The highest BCUT2D eigenvalue weighted by atomic mass is 16.7. The highest BCUT2D eigenvalue weighted by Crippen LogP contribution is 2.30. The quantitative estimate of drug-likeness (QED) is 0.320. The van der Waals surface area contributed by atoms with Gasteiger partial charge in [0.2, 0.25) is 0 Å². The summed E-state index contributed by atoms with van der Waals surface area (Å²) in [6.45, 7) is 6.32. The van der Waals surface area contributed by atoms with Crippen LogP contribution in [-0.4, -0.2) is 19.0 Å². The smallest absolute Gasteiger partial charge is 0.168 e. The number of rotatable bonds is 14. The predicted octanol–water partition coefficient (Wildman–Crippen LogP) is 7.01. The lowest BCUT2D eigenvalue weighted by atomic mass is 9.99. The van der Waals surface area contributed by atoms with Crippen molar-refractivity contribution in [1.82, 2.24) is 0 Å². The third-order valence-electron chi connectivity index (χ3n) is 5.09. The minimum atomic E-state index is -0.243. The minimum absolute atomic E-state index is 0.243. The van der Waals surface area contributed by atoms with E-state index in [0.717, 1.165) is 38.9 Å². The van der Waals surface area contributed by atoms with Crippen molar-refractivity contribution in [1.29, 1.82) is 0 Å². The normalized spacial score (nSPS) is 18.0. The molecule has 0 aliphatic carbocycles. The van der Waals surface area contributed by atoms with Gasteiger partial charge in [0.25, 0.3) is 0 Å². The van der Waals surface area contributed by atoms with Crippen molar-refractivity contribution >= 4 is 0 Å². The molecule has 0 amide bonds. The summed E-state index contributed by atoms with van der Waals surface area (Å²) < 4.78 is 12.3. The van der Waals surface area contributed by atoms with Gasteiger partial charge < -0.3 is 9.47 Å². The molecule has 138 valence electrons. The van der Waals surface area contributed by atoms with Crippen LogP contribution >= 0.6 is 0 Å². The predicted molar refractivity (Wildman–Crippen MR) is 99.9 cm³/mol. The first kappa shape index (κ1) is 21.0. The van der Waals surface area contributed by atoms with Gasteiger partial charge in [-0.25, -0.2) is 0 Å². The van der Waals surface area contributed by atoms with E-state index in [1.54, 1.807) is 0 Å². The summed E-state index contributed by atoms with van der Waals surface area (Å²) in [6, 6.07) is 0. The maximum Gasteiger partial charge on any atom is 0.168 e. The Morgan fingerprint density at radius 2 is 1.00 bits per heavy atom. The van der Waals surface area contributed by atoms with Crippen molar-refractivity contribution in [3.05, 3.63) is 0 Å². The van der Waals surface area contributed by atoms with Crippen molar-refractivity contribution < 1.29 is 9.47 Å². The zero-order valence-electron chi connectivity index (χ0n) is 16.0. The van der Waals surface area contributed by atoms with Gasteiger partial charge in [-0.15, -0.1) is 0 Å². The van der Waals surface area contributed by atoms with Gasteiger partial charge in [0, 0.05) is 12.8 Å². The fourth-order valence-electron chi connectivity index (χ4n) is 3.50. The van der Waals surface area contributed by atoms with Crippen LogP contribution in [0.25, 0.3) is 0 Å². The van der Waals surface area contributed by atoms with Gasteiger partial charge >= 0.3 is 0 Å². The van der Waals surface area contributed by atoms with E-state index in [-0.39, 0.29) is 5.79 Å². The first-order valence-corrected chi connectivity index (χ1v) is 10.6. The van der Waals surface area contributed by atoms with Gasteiger partial charge in [-0.3, -0.25) is 0 Å². The molecule has 0 N–H and O–H groups in total. The molecule has 0 radical (unpaired) electrons. The van der Waals surface area contributed by atoms with Crippen LogP contribution in [0, 0.1) is 0 Å². The van der Waals surface area contributed by atoms with Gasteiger partial charge in [0.05, 0.1) is 13.2 Å². The Morgan fingerprint density at radius 1 is 0.565 bits per heavy atom. The monoisotopic (exact) mass is 326 g/mol. The van der Waals surface area contributed by atoms with Crippen LogP contribution in [0.3, 0.4) is 0 Å². The van der Waals surface area contributed by atoms with E-state index in [9.17, 15) is 0 Å². The first-order chi connectivity index (χ1) is 11.3. The second kappa shape index (κ2) is 14.3. The Labute approximate surface area is 145 Å². The maximum absolute atomic E-state index is 6.15. The Bertz CT molecular complexity index is 244. The molecule has 0 unspecified atom stereocenters. The van der Waals surface area contributed by atoms with Crippen molar-refractivity contribution in [3.63, 3.8) is 0 Å². The molecule has 1 fully saturated rings. The molecular weight excluding hydrogens is 284 g/mol. The molecule has 0 aromatic carbocycles. The second-order valence-electron chi connectivity index (χ2n) is 7.35. The second-order valence-corrected chi connectivity index (χ2v) is 7.35. The lowest BCUT2D eigenvalue weighted by molar-refractivity contribution is -0.234. The first-order valence-electron chi connectivity index (χ1n) is 10.6. The number of ether oxygens (including phenoxy) is 2. The average Bonchev–Trinajstić information content (AvgIpc) is 2.81. The zero-order valence-corrected chi connectivity index (χ0v) is 16.0. The summed E-state index contributed by atoms with van der Waals surface area (Å²) in [6.07, 6.45) is 20.9. The Balaban J connectivity index is 2.08. The molecule has 1 aliphatic rings. The summed E-state index contributed by atoms with van der Waals surface area (Å²) >= 11 is 0. The molecule has 0 saturated carbocycles. The van der Waals surface area contributed by atoms with Crippen LogP contribution in [0.5, 0.6) is 0 Å². The highest BCUT2D eigenvalue weighted by Gasteiger charge is 2.32. The standard InChI is InChI=1S/C21H42O2/c1-3-5-7-8-9-10-11-12-13-14-18-21(17-6-4-2)22-19-15-16-20-23-21/h3-20H2,1-2H3. The van der Waals surface area contributed by atoms with Crippen molar-refractivity contribution in [3.8, 4) is 0 Å². The molecule has 1 saturated heterocycles. The van der Waals surface area contributed by atoms with Gasteiger partial charge in [0.15, 0.2) is 5.79 Å². The Hall–Kier alpha value is -0.0800. The summed E-state index contributed by atoms with van der Waals surface area (Å²) in [4.78, 5) is 0. The maximum atomic E-state index is 6.15. The lowest BCUT2D eigenvalue weighted by Crippen LogP contribution is -2.35. The fraction of sp³-hybridized carbons (Fsp3) is 1.00. The molecule has 0 spiro atoms. The van der Waals surface area contributed by atoms with Crippen LogP contribution in [0.1, 0.15) is 117 Å². The molecule has 0 aromatic rings. The largest absolute Gasteiger partial charge is 0.350 e. The molecule has 1 aliphatic heterocycles. The molecule has 2 nitrogen and oxygen atoms in total. The molecule has 23 heavy (non-hydrogen) atoms. The Morgan fingerprint density at radius 3 is 1.52 bits per heavy atom. The molecule has 0 aromatic heterocycles. The zero-order chi connectivity index (χ0) is 16.6. The molecule has 2 heteroatoms. The molecule has 0 atom stereocenters. The van der Waals surface area contributed by atoms with Gasteiger partial charge in [-0.1, -0.05) is 78.1 Å². The van der Waals surface area contributed by atoms with E-state index in [0.29, 0.717) is 0 Å². The van der Waals surface area contributed by atoms with Crippen molar-refractivity contribution in [2.24, 2.45) is 0 Å². The molecule has 1 heterocycles. The van der Waals surface area contributed by atoms with Gasteiger partial charge in [-0.05, 0) is 25.7 Å².